The van der Waals surface area contributed by atoms with Gasteiger partial charge in [-0.15, -0.1) is 0 Å². The molecule has 2 aromatic rings. The predicted octanol–water partition coefficient (Wildman–Crippen LogP) is 1.58. The number of aromatic nitrogens is 3. The summed E-state index contributed by atoms with van der Waals surface area (Å²) in [6.07, 6.45) is 4.19. The van der Waals surface area contributed by atoms with Crippen LogP contribution in [-0.4, -0.2) is 23.0 Å². The molecule has 2 rings (SSSR count). The van der Waals surface area contributed by atoms with Crippen LogP contribution in [0.25, 0.3) is 0 Å². The molecule has 0 bridgehead atoms. The van der Waals surface area contributed by atoms with Gasteiger partial charge in [-0.05, 0) is 18.6 Å². The lowest BCUT2D eigenvalue weighted by atomic mass is 10.3. The molecule has 0 fully saturated rings. The van der Waals surface area contributed by atoms with Crippen LogP contribution in [0, 0.1) is 6.92 Å². The number of rotatable bonds is 3. The summed E-state index contributed by atoms with van der Waals surface area (Å²) in [5, 5.41) is 0.299. The van der Waals surface area contributed by atoms with Gasteiger partial charge in [0.25, 0.3) is 10.0 Å². The summed E-state index contributed by atoms with van der Waals surface area (Å²) in [5.74, 6) is 0. The van der Waals surface area contributed by atoms with Gasteiger partial charge >= 0.3 is 0 Å². The van der Waals surface area contributed by atoms with Crippen molar-refractivity contribution in [1.82, 2.24) is 14.5 Å². The Bertz CT molecular complexity index is 681. The maximum atomic E-state index is 12.0. The topological polar surface area (TPSA) is 76.9 Å². The zero-order chi connectivity index (χ0) is 13.3. The first-order valence-electron chi connectivity index (χ1n) is 5.01. The second-order valence-electron chi connectivity index (χ2n) is 3.81. The van der Waals surface area contributed by atoms with Crippen LogP contribution >= 0.6 is 11.6 Å². The quantitative estimate of drug-likeness (QED) is 0.869. The molecule has 0 aliphatic heterocycles. The first kappa shape index (κ1) is 12.8. The standard InChI is InChI=1S/C10H11ClN4O2S/c1-7-3-8(4-12-10(7)11)14-18(16,17)9-5-15(2)6-13-9/h3-6,14H,1-2H3. The first-order valence-corrected chi connectivity index (χ1v) is 6.87. The Kier molecular flexibility index (Phi) is 3.27. The highest BCUT2D eigenvalue weighted by Gasteiger charge is 2.17. The van der Waals surface area contributed by atoms with Gasteiger partial charge in [0.2, 0.25) is 0 Å². The van der Waals surface area contributed by atoms with Gasteiger partial charge < -0.3 is 4.57 Å². The predicted molar refractivity (Wildman–Crippen MR) is 68.0 cm³/mol. The number of sulfonamides is 1. The monoisotopic (exact) mass is 286 g/mol. The third kappa shape index (κ3) is 2.62. The molecule has 18 heavy (non-hydrogen) atoms. The number of imidazole rings is 1. The van der Waals surface area contributed by atoms with E-state index in [1.165, 1.54) is 18.7 Å². The fraction of sp³-hybridized carbons (Fsp3) is 0.200. The van der Waals surface area contributed by atoms with E-state index < -0.39 is 10.0 Å². The number of hydrogen-bond donors (Lipinski definition) is 1. The summed E-state index contributed by atoms with van der Waals surface area (Å²) >= 11 is 5.77. The van der Waals surface area contributed by atoms with Gasteiger partial charge in [0.05, 0.1) is 18.2 Å². The van der Waals surface area contributed by atoms with E-state index in [2.05, 4.69) is 14.7 Å². The highest BCUT2D eigenvalue weighted by atomic mass is 35.5. The van der Waals surface area contributed by atoms with E-state index in [9.17, 15) is 8.42 Å². The van der Waals surface area contributed by atoms with Crippen LogP contribution in [0.5, 0.6) is 0 Å². The Balaban J connectivity index is 2.30. The third-order valence-electron chi connectivity index (χ3n) is 2.22. The number of hydrogen-bond acceptors (Lipinski definition) is 4. The minimum atomic E-state index is -3.69. The minimum absolute atomic E-state index is 0.0439. The Hall–Kier alpha value is -1.60. The molecule has 0 radical (unpaired) electrons. The molecule has 0 aliphatic carbocycles. The molecule has 0 atom stereocenters. The van der Waals surface area contributed by atoms with Crippen molar-refractivity contribution >= 4 is 27.3 Å². The molecular formula is C10H11ClN4O2S. The van der Waals surface area contributed by atoms with Crippen LogP contribution in [0.2, 0.25) is 5.15 Å². The third-order valence-corrected chi connectivity index (χ3v) is 3.88. The molecule has 0 spiro atoms. The van der Waals surface area contributed by atoms with E-state index in [0.29, 0.717) is 16.4 Å². The lowest BCUT2D eigenvalue weighted by Gasteiger charge is -2.06. The van der Waals surface area contributed by atoms with E-state index in [1.54, 1.807) is 24.6 Å². The maximum absolute atomic E-state index is 12.0. The zero-order valence-corrected chi connectivity index (χ0v) is 11.3. The van der Waals surface area contributed by atoms with Crippen molar-refractivity contribution in [2.75, 3.05) is 4.72 Å². The molecule has 1 N–H and O–H groups in total. The van der Waals surface area contributed by atoms with Crippen LogP contribution in [-0.2, 0) is 17.1 Å². The first-order chi connectivity index (χ1) is 8.38. The molecule has 2 aromatic heterocycles. The molecule has 0 saturated heterocycles. The molecule has 0 aliphatic rings. The number of aryl methyl sites for hydroxylation is 2. The summed E-state index contributed by atoms with van der Waals surface area (Å²) < 4.78 is 27.9. The van der Waals surface area contributed by atoms with E-state index in [-0.39, 0.29) is 5.03 Å². The van der Waals surface area contributed by atoms with Crippen LogP contribution in [0.1, 0.15) is 5.56 Å². The van der Waals surface area contributed by atoms with Crippen LogP contribution in [0.15, 0.2) is 29.8 Å². The normalized spacial score (nSPS) is 11.5. The van der Waals surface area contributed by atoms with Crippen molar-refractivity contribution in [2.45, 2.75) is 11.9 Å². The summed E-state index contributed by atoms with van der Waals surface area (Å²) in [6, 6.07) is 1.61. The molecule has 6 nitrogen and oxygen atoms in total. The fourth-order valence-electron chi connectivity index (χ4n) is 1.35. The smallest absolute Gasteiger partial charge is 0.280 e. The number of nitrogens with one attached hydrogen (secondary N) is 1. The van der Waals surface area contributed by atoms with Crippen LogP contribution in [0.3, 0.4) is 0 Å². The van der Waals surface area contributed by atoms with Gasteiger partial charge in [-0.3, -0.25) is 4.72 Å². The number of halogens is 1. The fourth-order valence-corrected chi connectivity index (χ4v) is 2.47. The average molecular weight is 287 g/mol. The van der Waals surface area contributed by atoms with Crippen molar-refractivity contribution in [3.8, 4) is 0 Å². The van der Waals surface area contributed by atoms with Crippen molar-refractivity contribution in [2.24, 2.45) is 7.05 Å². The highest BCUT2D eigenvalue weighted by Crippen LogP contribution is 2.18. The molecule has 2 heterocycles. The van der Waals surface area contributed by atoms with Gasteiger partial charge in [0.1, 0.15) is 5.15 Å². The number of nitrogens with zero attached hydrogens (tertiary/aromatic N) is 3. The molecule has 0 unspecified atom stereocenters. The summed E-state index contributed by atoms with van der Waals surface area (Å²) in [7, 11) is -1.99. The van der Waals surface area contributed by atoms with Gasteiger partial charge in [-0.1, -0.05) is 11.6 Å². The maximum Gasteiger partial charge on any atom is 0.280 e. The Morgan fingerprint density at radius 2 is 2.11 bits per heavy atom. The number of pyridine rings is 1. The lowest BCUT2D eigenvalue weighted by molar-refractivity contribution is 0.598. The minimum Gasteiger partial charge on any atom is -0.339 e. The Morgan fingerprint density at radius 1 is 1.39 bits per heavy atom. The summed E-state index contributed by atoms with van der Waals surface area (Å²) in [5.41, 5.74) is 1.04. The van der Waals surface area contributed by atoms with E-state index in [0.717, 1.165) is 0 Å². The molecule has 0 amide bonds. The summed E-state index contributed by atoms with van der Waals surface area (Å²) in [6.45, 7) is 1.74. The second-order valence-corrected chi connectivity index (χ2v) is 5.80. The van der Waals surface area contributed by atoms with Crippen molar-refractivity contribution in [3.05, 3.63) is 35.5 Å². The van der Waals surface area contributed by atoms with Gasteiger partial charge in [0.15, 0.2) is 5.03 Å². The molecule has 8 heteroatoms. The van der Waals surface area contributed by atoms with Gasteiger partial charge in [-0.2, -0.15) is 8.42 Å². The molecular weight excluding hydrogens is 276 g/mol. The highest BCUT2D eigenvalue weighted by molar-refractivity contribution is 7.92. The SMILES string of the molecule is Cc1cc(NS(=O)(=O)c2cn(C)cn2)cnc1Cl. The summed E-state index contributed by atoms with van der Waals surface area (Å²) in [4.78, 5) is 7.66. The Labute approximate surface area is 110 Å². The Morgan fingerprint density at radius 3 is 2.67 bits per heavy atom. The zero-order valence-electron chi connectivity index (χ0n) is 9.75. The molecule has 0 aromatic carbocycles. The van der Waals surface area contributed by atoms with E-state index in [4.69, 9.17) is 11.6 Å². The number of anilines is 1. The lowest BCUT2D eigenvalue weighted by Crippen LogP contribution is -2.13. The largest absolute Gasteiger partial charge is 0.339 e. The van der Waals surface area contributed by atoms with Crippen molar-refractivity contribution in [1.29, 1.82) is 0 Å². The van der Waals surface area contributed by atoms with Gasteiger partial charge in [0, 0.05) is 13.2 Å². The van der Waals surface area contributed by atoms with Crippen molar-refractivity contribution in [3.63, 3.8) is 0 Å². The van der Waals surface area contributed by atoms with Crippen molar-refractivity contribution < 1.29 is 8.42 Å². The molecule has 96 valence electrons. The van der Waals surface area contributed by atoms with E-state index >= 15 is 0 Å². The van der Waals surface area contributed by atoms with Crippen LogP contribution < -0.4 is 4.72 Å². The van der Waals surface area contributed by atoms with Crippen LogP contribution in [0.4, 0.5) is 5.69 Å². The van der Waals surface area contributed by atoms with E-state index in [1.807, 2.05) is 0 Å². The van der Waals surface area contributed by atoms with Gasteiger partial charge in [-0.25, -0.2) is 9.97 Å². The molecule has 0 saturated carbocycles. The average Bonchev–Trinajstić information content (AvgIpc) is 2.71. The second kappa shape index (κ2) is 4.58.